The van der Waals surface area contributed by atoms with Gasteiger partial charge in [0.15, 0.2) is 5.78 Å². The number of benzene rings is 1. The van der Waals surface area contributed by atoms with Gasteiger partial charge in [0.1, 0.15) is 13.2 Å². The zero-order valence-corrected chi connectivity index (χ0v) is 9.58. The van der Waals surface area contributed by atoms with Crippen molar-refractivity contribution in [2.45, 2.75) is 12.3 Å². The molecule has 1 aromatic carbocycles. The standard InChI is InChI=1S/C12H9F4NO2/c13-11(14)12(15,16)7-19-6-10(18)9-3-1-8(5-17)2-4-9/h1-4,11H,6-7H2. The molecule has 0 aliphatic rings. The number of hydrogen-bond acceptors (Lipinski definition) is 3. The molecule has 0 amide bonds. The summed E-state index contributed by atoms with van der Waals surface area (Å²) in [5.41, 5.74) is 0.487. The van der Waals surface area contributed by atoms with Gasteiger partial charge < -0.3 is 4.74 Å². The molecular formula is C12H9F4NO2. The molecule has 0 fully saturated rings. The average molecular weight is 275 g/mol. The Balaban J connectivity index is 2.50. The first-order chi connectivity index (χ1) is 8.86. The molecule has 0 saturated carbocycles. The van der Waals surface area contributed by atoms with Crippen LogP contribution in [-0.2, 0) is 4.74 Å². The summed E-state index contributed by atoms with van der Waals surface area (Å²) < 4.78 is 52.8. The number of nitriles is 1. The van der Waals surface area contributed by atoms with Crippen molar-refractivity contribution in [1.29, 1.82) is 5.26 Å². The van der Waals surface area contributed by atoms with E-state index in [9.17, 15) is 22.4 Å². The van der Waals surface area contributed by atoms with Crippen molar-refractivity contribution in [3.05, 3.63) is 35.4 Å². The fourth-order valence-electron chi connectivity index (χ4n) is 1.16. The van der Waals surface area contributed by atoms with Gasteiger partial charge in [-0.05, 0) is 12.1 Å². The van der Waals surface area contributed by atoms with Gasteiger partial charge in [-0.1, -0.05) is 12.1 Å². The van der Waals surface area contributed by atoms with E-state index in [0.717, 1.165) is 0 Å². The summed E-state index contributed by atoms with van der Waals surface area (Å²) in [5.74, 6) is -4.90. The number of carbonyl (C=O) groups excluding carboxylic acids is 1. The predicted octanol–water partition coefficient (Wildman–Crippen LogP) is 2.66. The van der Waals surface area contributed by atoms with Crippen molar-refractivity contribution in [1.82, 2.24) is 0 Å². The van der Waals surface area contributed by atoms with Crippen LogP contribution in [0.5, 0.6) is 0 Å². The van der Waals surface area contributed by atoms with Gasteiger partial charge >= 0.3 is 12.3 Å². The lowest BCUT2D eigenvalue weighted by Crippen LogP contribution is -2.33. The van der Waals surface area contributed by atoms with Gasteiger partial charge in [-0.15, -0.1) is 0 Å². The zero-order chi connectivity index (χ0) is 14.5. The molecule has 19 heavy (non-hydrogen) atoms. The average Bonchev–Trinajstić information content (AvgIpc) is 2.38. The maximum absolute atomic E-state index is 12.5. The summed E-state index contributed by atoms with van der Waals surface area (Å²) in [6.07, 6.45) is -3.84. The molecule has 0 aromatic heterocycles. The Hall–Kier alpha value is -1.94. The third-order valence-corrected chi connectivity index (χ3v) is 2.18. The molecule has 0 aliphatic carbocycles. The van der Waals surface area contributed by atoms with Crippen molar-refractivity contribution >= 4 is 5.78 Å². The third-order valence-electron chi connectivity index (χ3n) is 2.18. The molecule has 0 unspecified atom stereocenters. The Labute approximate surface area is 106 Å². The van der Waals surface area contributed by atoms with Crippen LogP contribution in [-0.4, -0.2) is 31.3 Å². The van der Waals surface area contributed by atoms with Gasteiger partial charge in [0, 0.05) is 5.56 Å². The van der Waals surface area contributed by atoms with Crippen LogP contribution in [0.15, 0.2) is 24.3 Å². The minimum Gasteiger partial charge on any atom is -0.367 e. The van der Waals surface area contributed by atoms with E-state index in [1.54, 1.807) is 0 Å². The van der Waals surface area contributed by atoms with E-state index in [1.807, 2.05) is 6.07 Å². The molecule has 0 aliphatic heterocycles. The highest BCUT2D eigenvalue weighted by Gasteiger charge is 2.41. The molecule has 1 aromatic rings. The maximum atomic E-state index is 12.5. The Morgan fingerprint density at radius 3 is 2.37 bits per heavy atom. The number of ketones is 1. The van der Waals surface area contributed by atoms with Crippen LogP contribution in [0.25, 0.3) is 0 Å². The van der Waals surface area contributed by atoms with Crippen molar-refractivity contribution in [3.63, 3.8) is 0 Å². The quantitative estimate of drug-likeness (QED) is 0.592. The van der Waals surface area contributed by atoms with E-state index in [-0.39, 0.29) is 5.56 Å². The molecule has 3 nitrogen and oxygen atoms in total. The second-order valence-corrected chi connectivity index (χ2v) is 3.67. The van der Waals surface area contributed by atoms with Crippen molar-refractivity contribution < 1.29 is 27.1 Å². The summed E-state index contributed by atoms with van der Waals surface area (Å²) >= 11 is 0. The first-order valence-electron chi connectivity index (χ1n) is 5.14. The fourth-order valence-corrected chi connectivity index (χ4v) is 1.16. The topological polar surface area (TPSA) is 50.1 Å². The van der Waals surface area contributed by atoms with Crippen LogP contribution in [0.2, 0.25) is 0 Å². The Bertz CT molecular complexity index is 479. The highest BCUT2D eigenvalue weighted by molar-refractivity contribution is 5.97. The van der Waals surface area contributed by atoms with Crippen molar-refractivity contribution in [2.75, 3.05) is 13.2 Å². The van der Waals surface area contributed by atoms with E-state index < -0.39 is 31.3 Å². The van der Waals surface area contributed by atoms with Crippen LogP contribution in [0.4, 0.5) is 17.6 Å². The van der Waals surface area contributed by atoms with Crippen LogP contribution in [0.3, 0.4) is 0 Å². The summed E-state index contributed by atoms with van der Waals surface area (Å²) in [4.78, 5) is 11.5. The molecule has 0 atom stereocenters. The molecule has 0 bridgehead atoms. The molecule has 1 rings (SSSR count). The van der Waals surface area contributed by atoms with Gasteiger partial charge in [0.2, 0.25) is 0 Å². The fraction of sp³-hybridized carbons (Fsp3) is 0.333. The summed E-state index contributed by atoms with van der Waals surface area (Å²) in [6.45, 7) is -2.25. The lowest BCUT2D eigenvalue weighted by atomic mass is 10.1. The summed E-state index contributed by atoms with van der Waals surface area (Å²) in [5, 5.41) is 8.54. The number of rotatable bonds is 6. The first-order valence-corrected chi connectivity index (χ1v) is 5.14. The van der Waals surface area contributed by atoms with E-state index in [2.05, 4.69) is 4.74 Å². The van der Waals surface area contributed by atoms with Gasteiger partial charge in [0.25, 0.3) is 0 Å². The summed E-state index contributed by atoms with van der Waals surface area (Å²) in [6, 6.07) is 7.25. The number of nitrogens with zero attached hydrogens (tertiary/aromatic N) is 1. The molecule has 0 heterocycles. The number of carbonyl (C=O) groups is 1. The summed E-state index contributed by atoms with van der Waals surface area (Å²) in [7, 11) is 0. The second-order valence-electron chi connectivity index (χ2n) is 3.67. The lowest BCUT2D eigenvalue weighted by molar-refractivity contribution is -0.163. The smallest absolute Gasteiger partial charge is 0.330 e. The highest BCUT2D eigenvalue weighted by Crippen LogP contribution is 2.22. The van der Waals surface area contributed by atoms with Gasteiger partial charge in [0.05, 0.1) is 11.6 Å². The van der Waals surface area contributed by atoms with Crippen LogP contribution in [0, 0.1) is 11.3 Å². The SMILES string of the molecule is N#Cc1ccc(C(=O)COCC(F)(F)C(F)F)cc1. The third kappa shape index (κ3) is 4.34. The van der Waals surface area contributed by atoms with Gasteiger partial charge in [-0.3, -0.25) is 4.79 Å². The highest BCUT2D eigenvalue weighted by atomic mass is 19.3. The van der Waals surface area contributed by atoms with E-state index in [0.29, 0.717) is 5.56 Å². The number of halogens is 4. The molecule has 0 spiro atoms. The Morgan fingerprint density at radius 1 is 1.32 bits per heavy atom. The lowest BCUT2D eigenvalue weighted by Gasteiger charge is -2.14. The van der Waals surface area contributed by atoms with Gasteiger partial charge in [-0.25, -0.2) is 8.78 Å². The monoisotopic (exact) mass is 275 g/mol. The maximum Gasteiger partial charge on any atom is 0.330 e. The zero-order valence-electron chi connectivity index (χ0n) is 9.58. The molecule has 0 radical (unpaired) electrons. The number of ether oxygens (including phenoxy) is 1. The van der Waals surface area contributed by atoms with E-state index in [4.69, 9.17) is 5.26 Å². The molecule has 102 valence electrons. The number of hydrogen-bond donors (Lipinski definition) is 0. The van der Waals surface area contributed by atoms with E-state index in [1.165, 1.54) is 24.3 Å². The Morgan fingerprint density at radius 2 is 1.89 bits per heavy atom. The Kier molecular flexibility index (Phi) is 5.01. The first kappa shape index (κ1) is 15.1. The normalized spacial score (nSPS) is 11.4. The predicted molar refractivity (Wildman–Crippen MR) is 57.3 cm³/mol. The van der Waals surface area contributed by atoms with Crippen LogP contribution >= 0.6 is 0 Å². The number of Topliss-reactive ketones (excluding diaryl/α,β-unsaturated/α-hetero) is 1. The minimum absolute atomic E-state index is 0.152. The van der Waals surface area contributed by atoms with Crippen molar-refractivity contribution in [2.24, 2.45) is 0 Å². The number of alkyl halides is 4. The molecular weight excluding hydrogens is 266 g/mol. The van der Waals surface area contributed by atoms with Crippen LogP contribution in [0.1, 0.15) is 15.9 Å². The minimum atomic E-state index is -4.27. The molecule has 0 N–H and O–H groups in total. The van der Waals surface area contributed by atoms with Crippen molar-refractivity contribution in [3.8, 4) is 6.07 Å². The molecule has 7 heteroatoms. The largest absolute Gasteiger partial charge is 0.367 e. The van der Waals surface area contributed by atoms with Gasteiger partial charge in [-0.2, -0.15) is 14.0 Å². The second kappa shape index (κ2) is 6.29. The van der Waals surface area contributed by atoms with E-state index >= 15 is 0 Å². The van der Waals surface area contributed by atoms with Crippen LogP contribution < -0.4 is 0 Å². The molecule has 0 saturated heterocycles.